The van der Waals surface area contributed by atoms with Gasteiger partial charge < -0.3 is 20.9 Å². The summed E-state index contributed by atoms with van der Waals surface area (Å²) in [6.07, 6.45) is -12.8. The van der Waals surface area contributed by atoms with Gasteiger partial charge in [-0.05, 0) is 48.0 Å². The van der Waals surface area contributed by atoms with E-state index in [1.54, 1.807) is 0 Å². The quantitative estimate of drug-likeness (QED) is 0.551. The highest BCUT2D eigenvalue weighted by Crippen LogP contribution is 2.51. The van der Waals surface area contributed by atoms with Crippen LogP contribution >= 0.6 is 0 Å². The van der Waals surface area contributed by atoms with Gasteiger partial charge >= 0.3 is 12.5 Å². The molecule has 1 aliphatic rings. The number of rotatable bonds is 6. The summed E-state index contributed by atoms with van der Waals surface area (Å²) in [6.45, 7) is 0. The molecular formula is C22H14F8N2O4. The minimum atomic E-state index is -5.45. The molecule has 0 saturated heterocycles. The average molecular weight is 522 g/mol. The molecule has 1 aliphatic carbocycles. The molecule has 2 aromatic carbocycles. The average Bonchev–Trinajstić information content (AvgIpc) is 2.73. The van der Waals surface area contributed by atoms with Crippen LogP contribution in [0.4, 0.5) is 35.1 Å². The third-order valence-corrected chi connectivity index (χ3v) is 5.15. The minimum Gasteiger partial charge on any atom is -0.457 e. The van der Waals surface area contributed by atoms with Gasteiger partial charge in [-0.2, -0.15) is 13.2 Å². The number of halogens is 8. The van der Waals surface area contributed by atoms with Crippen LogP contribution in [0.1, 0.15) is 15.9 Å². The Hall–Kier alpha value is -4.10. The van der Waals surface area contributed by atoms with Crippen LogP contribution in [0.5, 0.6) is 11.5 Å². The Kier molecular flexibility index (Phi) is 6.75. The second kappa shape index (κ2) is 9.17. The molecule has 3 rings (SSSR count). The van der Waals surface area contributed by atoms with Crippen LogP contribution in [0.2, 0.25) is 0 Å². The summed E-state index contributed by atoms with van der Waals surface area (Å²) in [5, 5.41) is 0. The molecule has 0 aliphatic heterocycles. The van der Waals surface area contributed by atoms with Gasteiger partial charge in [0.1, 0.15) is 28.5 Å². The molecule has 0 saturated carbocycles. The van der Waals surface area contributed by atoms with Crippen LogP contribution in [0.15, 0.2) is 65.9 Å². The SMILES string of the molecule is NC(=O)C1=C(Oc2ccc(OC(F)(F)F)cc2)C=CC(c2ccc(F)c(C(N)=O)c2)(C(F)(F)F)C1F. The molecule has 0 heterocycles. The molecule has 0 aromatic heterocycles. The van der Waals surface area contributed by atoms with Crippen LogP contribution in [0.3, 0.4) is 0 Å². The fourth-order valence-electron chi connectivity index (χ4n) is 3.52. The van der Waals surface area contributed by atoms with Gasteiger partial charge in [-0.15, -0.1) is 13.2 Å². The number of carbonyl (C=O) groups is 2. The predicted molar refractivity (Wildman–Crippen MR) is 107 cm³/mol. The van der Waals surface area contributed by atoms with Gasteiger partial charge in [-0.25, -0.2) is 8.78 Å². The van der Waals surface area contributed by atoms with Gasteiger partial charge in [0, 0.05) is 0 Å². The maximum Gasteiger partial charge on any atom is 0.573 e. The van der Waals surface area contributed by atoms with Crippen molar-refractivity contribution in [1.82, 2.24) is 0 Å². The Morgan fingerprint density at radius 2 is 1.47 bits per heavy atom. The van der Waals surface area contributed by atoms with E-state index in [1.165, 1.54) is 0 Å². The molecule has 2 unspecified atom stereocenters. The van der Waals surface area contributed by atoms with E-state index in [4.69, 9.17) is 16.2 Å². The number of amides is 2. The molecule has 0 spiro atoms. The lowest BCUT2D eigenvalue weighted by Crippen LogP contribution is -2.52. The molecule has 14 heteroatoms. The zero-order valence-corrected chi connectivity index (χ0v) is 17.6. The number of carbonyl (C=O) groups excluding carboxylic acids is 2. The minimum absolute atomic E-state index is 0.290. The smallest absolute Gasteiger partial charge is 0.457 e. The molecule has 6 nitrogen and oxygen atoms in total. The molecule has 0 fully saturated rings. The van der Waals surface area contributed by atoms with Crippen molar-refractivity contribution in [3.8, 4) is 11.5 Å². The summed E-state index contributed by atoms with van der Waals surface area (Å²) in [4.78, 5) is 23.5. The standard InChI is InChI=1S/C22H14F8N2O4/c23-14-6-1-10(9-13(14)18(31)33)20(21(25,26)27)8-7-15(16(17(20)24)19(32)34)35-11-2-4-12(5-3-11)36-22(28,29)30/h1-9,17H,(H2,31,33)(H2,32,34). The summed E-state index contributed by atoms with van der Waals surface area (Å²) >= 11 is 0. The number of benzene rings is 2. The van der Waals surface area contributed by atoms with Crippen molar-refractivity contribution in [3.63, 3.8) is 0 Å². The number of hydrogen-bond acceptors (Lipinski definition) is 4. The van der Waals surface area contributed by atoms with E-state index in [9.17, 15) is 40.3 Å². The van der Waals surface area contributed by atoms with Gasteiger partial charge in [0.2, 0.25) is 0 Å². The molecule has 2 amide bonds. The molecule has 192 valence electrons. The Bertz CT molecular complexity index is 1250. The lowest BCUT2D eigenvalue weighted by molar-refractivity contribution is -0.274. The third kappa shape index (κ3) is 4.97. The van der Waals surface area contributed by atoms with Crippen LogP contribution in [0, 0.1) is 5.82 Å². The van der Waals surface area contributed by atoms with Gasteiger partial charge in [0.25, 0.3) is 11.8 Å². The summed E-state index contributed by atoms with van der Waals surface area (Å²) < 4.78 is 118. The van der Waals surface area contributed by atoms with E-state index in [0.29, 0.717) is 30.4 Å². The highest BCUT2D eigenvalue weighted by Gasteiger charge is 2.63. The number of primary amides is 2. The van der Waals surface area contributed by atoms with E-state index in [-0.39, 0.29) is 5.75 Å². The molecular weight excluding hydrogens is 508 g/mol. The first-order chi connectivity index (χ1) is 16.6. The fourth-order valence-corrected chi connectivity index (χ4v) is 3.52. The van der Waals surface area contributed by atoms with Crippen molar-refractivity contribution in [2.24, 2.45) is 11.5 Å². The first-order valence-corrected chi connectivity index (χ1v) is 9.64. The van der Waals surface area contributed by atoms with Crippen molar-refractivity contribution < 1.29 is 54.2 Å². The van der Waals surface area contributed by atoms with Crippen LogP contribution < -0.4 is 20.9 Å². The Morgan fingerprint density at radius 1 is 0.889 bits per heavy atom. The summed E-state index contributed by atoms with van der Waals surface area (Å²) in [7, 11) is 0. The molecule has 4 N–H and O–H groups in total. The summed E-state index contributed by atoms with van der Waals surface area (Å²) in [5.41, 5.74) is 3.34. The van der Waals surface area contributed by atoms with Gasteiger partial charge in [0.15, 0.2) is 6.17 Å². The first-order valence-electron chi connectivity index (χ1n) is 9.64. The van der Waals surface area contributed by atoms with E-state index >= 15 is 4.39 Å². The van der Waals surface area contributed by atoms with Crippen molar-refractivity contribution in [2.45, 2.75) is 24.1 Å². The third-order valence-electron chi connectivity index (χ3n) is 5.15. The topological polar surface area (TPSA) is 105 Å². The van der Waals surface area contributed by atoms with Gasteiger partial charge in [-0.3, -0.25) is 9.59 Å². The van der Waals surface area contributed by atoms with Crippen molar-refractivity contribution in [3.05, 3.63) is 82.9 Å². The van der Waals surface area contributed by atoms with E-state index in [2.05, 4.69) is 4.74 Å². The van der Waals surface area contributed by atoms with Crippen LogP contribution in [0.25, 0.3) is 0 Å². The van der Waals surface area contributed by atoms with E-state index in [0.717, 1.165) is 24.3 Å². The predicted octanol–water partition coefficient (Wildman–Crippen LogP) is 4.35. The zero-order chi connectivity index (χ0) is 27.1. The molecule has 2 aromatic rings. The molecule has 2 atom stereocenters. The van der Waals surface area contributed by atoms with E-state index in [1.807, 2.05) is 0 Å². The van der Waals surface area contributed by atoms with Gasteiger partial charge in [0.05, 0.1) is 11.1 Å². The zero-order valence-electron chi connectivity index (χ0n) is 17.6. The fraction of sp³-hybridized carbons (Fsp3) is 0.182. The van der Waals surface area contributed by atoms with E-state index < -0.39 is 70.0 Å². The number of ether oxygens (including phenoxy) is 2. The van der Waals surface area contributed by atoms with Crippen molar-refractivity contribution >= 4 is 11.8 Å². The molecule has 0 radical (unpaired) electrons. The number of hydrogen-bond donors (Lipinski definition) is 2. The highest BCUT2D eigenvalue weighted by molar-refractivity contribution is 5.95. The normalized spacial score (nSPS) is 20.3. The largest absolute Gasteiger partial charge is 0.573 e. The highest BCUT2D eigenvalue weighted by atomic mass is 19.4. The lowest BCUT2D eigenvalue weighted by Gasteiger charge is -2.39. The first kappa shape index (κ1) is 26.5. The second-order valence-corrected chi connectivity index (χ2v) is 7.38. The number of allylic oxidation sites excluding steroid dienone is 2. The number of alkyl halides is 7. The van der Waals surface area contributed by atoms with Crippen LogP contribution in [-0.4, -0.2) is 30.5 Å². The maximum atomic E-state index is 15.7. The monoisotopic (exact) mass is 522 g/mol. The molecule has 36 heavy (non-hydrogen) atoms. The van der Waals surface area contributed by atoms with Crippen molar-refractivity contribution in [1.29, 1.82) is 0 Å². The second-order valence-electron chi connectivity index (χ2n) is 7.38. The van der Waals surface area contributed by atoms with Gasteiger partial charge in [-0.1, -0.05) is 12.1 Å². The van der Waals surface area contributed by atoms with Crippen LogP contribution in [-0.2, 0) is 10.2 Å². The van der Waals surface area contributed by atoms with Crippen molar-refractivity contribution in [2.75, 3.05) is 0 Å². The Balaban J connectivity index is 2.08. The summed E-state index contributed by atoms with van der Waals surface area (Å²) in [5.74, 6) is -6.05. The number of nitrogens with two attached hydrogens (primary N) is 2. The maximum absolute atomic E-state index is 15.7. The Morgan fingerprint density at radius 3 is 1.97 bits per heavy atom. The molecule has 0 bridgehead atoms. The Labute approximate surface area is 196 Å². The summed E-state index contributed by atoms with van der Waals surface area (Å²) in [6, 6.07) is 4.89. The lowest BCUT2D eigenvalue weighted by atomic mass is 9.70.